The lowest BCUT2D eigenvalue weighted by atomic mass is 10.2. The first kappa shape index (κ1) is 15.8. The van der Waals surface area contributed by atoms with Crippen LogP contribution in [0.25, 0.3) is 5.69 Å². The molecule has 1 aliphatic heterocycles. The number of benzene rings is 1. The van der Waals surface area contributed by atoms with Gasteiger partial charge in [0.25, 0.3) is 5.91 Å². The van der Waals surface area contributed by atoms with Crippen molar-refractivity contribution >= 4 is 17.5 Å². The molecule has 0 N–H and O–H groups in total. The molecule has 0 aliphatic carbocycles. The molecule has 1 aliphatic rings. The van der Waals surface area contributed by atoms with Crippen molar-refractivity contribution in [3.63, 3.8) is 0 Å². The second-order valence-electron chi connectivity index (χ2n) is 6.08. The van der Waals surface area contributed by atoms with Crippen molar-refractivity contribution in [1.82, 2.24) is 29.4 Å². The summed E-state index contributed by atoms with van der Waals surface area (Å²) in [5.74, 6) is -0.0871. The SMILES string of the molecule is O=C(c1cn(-c2cccc(Cl)c2)nn1)N1CCCC1Cn1ccnc1. The number of nitrogens with zero attached hydrogens (tertiary/aromatic N) is 6. The third-order valence-electron chi connectivity index (χ3n) is 4.40. The summed E-state index contributed by atoms with van der Waals surface area (Å²) in [4.78, 5) is 18.8. The van der Waals surface area contributed by atoms with E-state index in [9.17, 15) is 4.79 Å². The lowest BCUT2D eigenvalue weighted by molar-refractivity contribution is 0.0718. The molecule has 1 saturated heterocycles. The summed E-state index contributed by atoms with van der Waals surface area (Å²) in [6.45, 7) is 1.48. The topological polar surface area (TPSA) is 68.8 Å². The summed E-state index contributed by atoms with van der Waals surface area (Å²) in [7, 11) is 0. The zero-order valence-electron chi connectivity index (χ0n) is 13.5. The number of likely N-dealkylation sites (tertiary alicyclic amines) is 1. The molecule has 3 heterocycles. The number of rotatable bonds is 4. The molecule has 1 aromatic carbocycles. The molecule has 4 rings (SSSR count). The maximum absolute atomic E-state index is 12.9. The average molecular weight is 357 g/mol. The Morgan fingerprint density at radius 1 is 1.36 bits per heavy atom. The second kappa shape index (κ2) is 6.68. The van der Waals surface area contributed by atoms with E-state index in [0.29, 0.717) is 10.7 Å². The molecule has 1 fully saturated rings. The van der Waals surface area contributed by atoms with Crippen molar-refractivity contribution in [1.29, 1.82) is 0 Å². The van der Waals surface area contributed by atoms with Gasteiger partial charge in [-0.1, -0.05) is 22.9 Å². The third-order valence-corrected chi connectivity index (χ3v) is 4.64. The Balaban J connectivity index is 1.52. The molecule has 3 aromatic rings. The minimum absolute atomic E-state index is 0.0871. The van der Waals surface area contributed by atoms with E-state index in [2.05, 4.69) is 15.3 Å². The maximum atomic E-state index is 12.9. The number of aromatic nitrogens is 5. The smallest absolute Gasteiger partial charge is 0.276 e. The number of halogens is 1. The van der Waals surface area contributed by atoms with Crippen LogP contribution in [-0.4, -0.2) is 47.9 Å². The normalized spacial score (nSPS) is 17.2. The van der Waals surface area contributed by atoms with Crippen LogP contribution in [0, 0.1) is 0 Å². The fraction of sp³-hybridized carbons (Fsp3) is 0.294. The summed E-state index contributed by atoms with van der Waals surface area (Å²) in [6.07, 6.45) is 9.06. The minimum Gasteiger partial charge on any atom is -0.335 e. The van der Waals surface area contributed by atoms with Crippen LogP contribution >= 0.6 is 11.6 Å². The van der Waals surface area contributed by atoms with Gasteiger partial charge in [-0.05, 0) is 31.0 Å². The van der Waals surface area contributed by atoms with Gasteiger partial charge < -0.3 is 9.47 Å². The summed E-state index contributed by atoms with van der Waals surface area (Å²) in [6, 6.07) is 7.42. The molecular weight excluding hydrogens is 340 g/mol. The predicted octanol–water partition coefficient (Wildman–Crippen LogP) is 2.42. The van der Waals surface area contributed by atoms with Crippen LogP contribution in [0.15, 0.2) is 49.2 Å². The van der Waals surface area contributed by atoms with E-state index < -0.39 is 0 Å². The second-order valence-corrected chi connectivity index (χ2v) is 6.52. The van der Waals surface area contributed by atoms with Gasteiger partial charge >= 0.3 is 0 Å². The largest absolute Gasteiger partial charge is 0.335 e. The minimum atomic E-state index is -0.0871. The summed E-state index contributed by atoms with van der Waals surface area (Å²) in [5, 5.41) is 8.74. The van der Waals surface area contributed by atoms with Crippen molar-refractivity contribution in [2.75, 3.05) is 6.54 Å². The van der Waals surface area contributed by atoms with Crippen molar-refractivity contribution in [2.24, 2.45) is 0 Å². The van der Waals surface area contributed by atoms with Gasteiger partial charge in [-0.25, -0.2) is 9.67 Å². The molecule has 1 unspecified atom stereocenters. The Morgan fingerprint density at radius 2 is 2.28 bits per heavy atom. The molecule has 25 heavy (non-hydrogen) atoms. The quantitative estimate of drug-likeness (QED) is 0.720. The molecule has 0 bridgehead atoms. The zero-order valence-corrected chi connectivity index (χ0v) is 14.3. The molecule has 1 atom stereocenters. The Bertz CT molecular complexity index is 875. The Morgan fingerprint density at radius 3 is 3.08 bits per heavy atom. The van der Waals surface area contributed by atoms with Gasteiger partial charge in [0.15, 0.2) is 5.69 Å². The monoisotopic (exact) mass is 356 g/mol. The van der Waals surface area contributed by atoms with Crippen LogP contribution in [0.5, 0.6) is 0 Å². The lowest BCUT2D eigenvalue weighted by Crippen LogP contribution is -2.38. The lowest BCUT2D eigenvalue weighted by Gasteiger charge is -2.24. The molecule has 2 aromatic heterocycles. The standard InChI is InChI=1S/C17H17ClN6O/c18-13-3-1-4-14(9-13)24-11-16(20-21-24)17(25)23-7-2-5-15(23)10-22-8-6-19-12-22/h1,3-4,6,8-9,11-12,15H,2,5,7,10H2. The van der Waals surface area contributed by atoms with Crippen molar-refractivity contribution in [2.45, 2.75) is 25.4 Å². The van der Waals surface area contributed by atoms with Crippen LogP contribution in [0.4, 0.5) is 0 Å². The number of amides is 1. The van der Waals surface area contributed by atoms with Gasteiger partial charge in [0, 0.05) is 30.5 Å². The number of carbonyl (C=O) groups excluding carboxylic acids is 1. The Kier molecular flexibility index (Phi) is 4.23. The van der Waals surface area contributed by atoms with Crippen molar-refractivity contribution in [3.05, 3.63) is 59.9 Å². The molecule has 0 saturated carbocycles. The van der Waals surface area contributed by atoms with Gasteiger partial charge in [-0.15, -0.1) is 5.10 Å². The Labute approximate surface area is 149 Å². The van der Waals surface area contributed by atoms with Crippen LogP contribution in [0.2, 0.25) is 5.02 Å². The summed E-state index contributed by atoms with van der Waals surface area (Å²) < 4.78 is 3.57. The highest BCUT2D eigenvalue weighted by Gasteiger charge is 2.31. The molecule has 0 spiro atoms. The van der Waals surface area contributed by atoms with Crippen molar-refractivity contribution < 1.29 is 4.79 Å². The van der Waals surface area contributed by atoms with Gasteiger partial charge in [-0.2, -0.15) is 0 Å². The molecule has 8 heteroatoms. The van der Waals surface area contributed by atoms with E-state index in [-0.39, 0.29) is 11.9 Å². The van der Waals surface area contributed by atoms with Crippen LogP contribution in [0.3, 0.4) is 0 Å². The fourth-order valence-corrected chi connectivity index (χ4v) is 3.37. The highest BCUT2D eigenvalue weighted by atomic mass is 35.5. The Hall–Kier alpha value is -2.67. The predicted molar refractivity (Wildman–Crippen MR) is 92.7 cm³/mol. The van der Waals surface area contributed by atoms with E-state index in [0.717, 1.165) is 31.6 Å². The zero-order chi connectivity index (χ0) is 17.2. The first-order valence-electron chi connectivity index (χ1n) is 8.16. The van der Waals surface area contributed by atoms with E-state index in [4.69, 9.17) is 11.6 Å². The first-order valence-corrected chi connectivity index (χ1v) is 8.53. The van der Waals surface area contributed by atoms with Gasteiger partial charge in [-0.3, -0.25) is 4.79 Å². The highest BCUT2D eigenvalue weighted by molar-refractivity contribution is 6.30. The number of carbonyl (C=O) groups is 1. The molecule has 128 valence electrons. The number of hydrogen-bond donors (Lipinski definition) is 0. The van der Waals surface area contributed by atoms with E-state index in [1.807, 2.05) is 27.8 Å². The number of hydrogen-bond acceptors (Lipinski definition) is 4. The van der Waals surface area contributed by atoms with E-state index >= 15 is 0 Å². The molecule has 1 amide bonds. The third kappa shape index (κ3) is 3.28. The van der Waals surface area contributed by atoms with Crippen LogP contribution in [-0.2, 0) is 6.54 Å². The molecule has 7 nitrogen and oxygen atoms in total. The summed E-state index contributed by atoms with van der Waals surface area (Å²) >= 11 is 6.01. The fourth-order valence-electron chi connectivity index (χ4n) is 3.18. The van der Waals surface area contributed by atoms with Crippen LogP contribution < -0.4 is 0 Å². The van der Waals surface area contributed by atoms with E-state index in [1.54, 1.807) is 35.5 Å². The van der Waals surface area contributed by atoms with Crippen molar-refractivity contribution in [3.8, 4) is 5.69 Å². The molecule has 0 radical (unpaired) electrons. The van der Waals surface area contributed by atoms with E-state index in [1.165, 1.54) is 0 Å². The molecular formula is C17H17ClN6O. The van der Waals surface area contributed by atoms with Gasteiger partial charge in [0.1, 0.15) is 0 Å². The van der Waals surface area contributed by atoms with Gasteiger partial charge in [0.05, 0.1) is 24.3 Å². The first-order chi connectivity index (χ1) is 12.2. The highest BCUT2D eigenvalue weighted by Crippen LogP contribution is 2.21. The number of imidazole rings is 1. The van der Waals surface area contributed by atoms with Gasteiger partial charge in [0.2, 0.25) is 0 Å². The maximum Gasteiger partial charge on any atom is 0.276 e. The summed E-state index contributed by atoms with van der Waals surface area (Å²) in [5.41, 5.74) is 1.12. The average Bonchev–Trinajstić information content (AvgIpc) is 3.36. The van der Waals surface area contributed by atoms with Crippen LogP contribution in [0.1, 0.15) is 23.3 Å².